The van der Waals surface area contributed by atoms with E-state index >= 15 is 0 Å². The Morgan fingerprint density at radius 3 is 2.61 bits per heavy atom. The molecule has 154 valence electrons. The van der Waals surface area contributed by atoms with E-state index in [4.69, 9.17) is 0 Å². The Morgan fingerprint density at radius 1 is 1.03 bits per heavy atom. The molecule has 5 rings (SSSR count). The van der Waals surface area contributed by atoms with Gasteiger partial charge in [-0.15, -0.1) is 0 Å². The second kappa shape index (κ2) is 7.47. The van der Waals surface area contributed by atoms with Gasteiger partial charge in [-0.3, -0.25) is 14.9 Å². The predicted molar refractivity (Wildman–Crippen MR) is 121 cm³/mol. The van der Waals surface area contributed by atoms with Gasteiger partial charge in [0.2, 0.25) is 0 Å². The van der Waals surface area contributed by atoms with Crippen molar-refractivity contribution in [2.75, 3.05) is 0 Å². The minimum absolute atomic E-state index is 0.0130. The van der Waals surface area contributed by atoms with Crippen molar-refractivity contribution < 1.29 is 4.39 Å². The first kappa shape index (κ1) is 19.2. The van der Waals surface area contributed by atoms with Crippen molar-refractivity contribution in [2.24, 2.45) is 0 Å². The summed E-state index contributed by atoms with van der Waals surface area (Å²) in [4.78, 5) is 20.0. The van der Waals surface area contributed by atoms with Crippen LogP contribution in [0.1, 0.15) is 29.7 Å². The monoisotopic (exact) mass is 412 g/mol. The third-order valence-electron chi connectivity index (χ3n) is 5.71. The molecule has 0 aliphatic carbocycles. The summed E-state index contributed by atoms with van der Waals surface area (Å²) in [6.07, 6.45) is 2.43. The molecule has 0 spiro atoms. The fourth-order valence-electron chi connectivity index (χ4n) is 4.10. The molecule has 1 atom stereocenters. The average Bonchev–Trinajstić information content (AvgIpc) is 3.16. The van der Waals surface area contributed by atoms with Gasteiger partial charge in [-0.05, 0) is 72.7 Å². The molecule has 0 bridgehead atoms. The number of rotatable bonds is 4. The molecule has 0 radical (unpaired) electrons. The molecule has 3 aromatic heterocycles. The van der Waals surface area contributed by atoms with E-state index in [1.54, 1.807) is 18.3 Å². The summed E-state index contributed by atoms with van der Waals surface area (Å²) in [6, 6.07) is 16.3. The number of nitrogens with zero attached hydrogens (tertiary/aromatic N) is 2. The summed E-state index contributed by atoms with van der Waals surface area (Å²) >= 11 is 0. The highest BCUT2D eigenvalue weighted by molar-refractivity contribution is 6.01. The van der Waals surface area contributed by atoms with E-state index < -0.39 is 0 Å². The number of aromatic amines is 2. The number of halogens is 1. The number of aryl methyl sites for hydroxylation is 1. The summed E-state index contributed by atoms with van der Waals surface area (Å²) in [6.45, 7) is 3.97. The van der Waals surface area contributed by atoms with Crippen molar-refractivity contribution in [3.8, 4) is 11.3 Å². The van der Waals surface area contributed by atoms with E-state index in [0.717, 1.165) is 44.3 Å². The van der Waals surface area contributed by atoms with Gasteiger partial charge in [0.1, 0.15) is 11.5 Å². The van der Waals surface area contributed by atoms with Crippen molar-refractivity contribution in [3.05, 3.63) is 93.8 Å². The van der Waals surface area contributed by atoms with Crippen LogP contribution in [0.3, 0.4) is 0 Å². The third kappa shape index (κ3) is 3.61. The van der Waals surface area contributed by atoms with Gasteiger partial charge in [0, 0.05) is 28.4 Å². The summed E-state index contributed by atoms with van der Waals surface area (Å²) < 4.78 is 13.2. The lowest BCUT2D eigenvalue weighted by atomic mass is 9.93. The van der Waals surface area contributed by atoms with Crippen molar-refractivity contribution >= 4 is 21.8 Å². The number of benzene rings is 2. The summed E-state index contributed by atoms with van der Waals surface area (Å²) in [5.74, 6) is -0.273. The first-order valence-corrected chi connectivity index (χ1v) is 10.2. The Labute approximate surface area is 178 Å². The number of pyridine rings is 2. The molecule has 6 heteroatoms. The number of fused-ring (bicyclic) bond motifs is 2. The van der Waals surface area contributed by atoms with Crippen LogP contribution >= 0.6 is 0 Å². The minimum Gasteiger partial charge on any atom is -0.322 e. The molecule has 0 amide bonds. The summed E-state index contributed by atoms with van der Waals surface area (Å²) in [5, 5.41) is 9.50. The third-order valence-corrected chi connectivity index (χ3v) is 5.71. The fraction of sp³-hybridized carbons (Fsp3) is 0.160. The number of hydrogen-bond acceptors (Lipinski definition) is 3. The molecule has 5 nitrogen and oxygen atoms in total. The number of nitrogens with one attached hydrogen (secondary N) is 2. The van der Waals surface area contributed by atoms with Crippen molar-refractivity contribution in [1.29, 1.82) is 0 Å². The molecule has 2 N–H and O–H groups in total. The maximum atomic E-state index is 13.2. The zero-order valence-corrected chi connectivity index (χ0v) is 17.2. The second-order valence-corrected chi connectivity index (χ2v) is 8.03. The molecule has 0 saturated heterocycles. The Morgan fingerprint density at radius 2 is 1.84 bits per heavy atom. The Bertz CT molecular complexity index is 1470. The lowest BCUT2D eigenvalue weighted by Gasteiger charge is -2.12. The molecule has 1 unspecified atom stereocenters. The van der Waals surface area contributed by atoms with Gasteiger partial charge >= 0.3 is 0 Å². The molecule has 0 aliphatic heterocycles. The molecule has 31 heavy (non-hydrogen) atoms. The van der Waals surface area contributed by atoms with E-state index in [-0.39, 0.29) is 17.3 Å². The van der Waals surface area contributed by atoms with Crippen LogP contribution < -0.4 is 5.56 Å². The molecular formula is C25H21FN4O. The summed E-state index contributed by atoms with van der Waals surface area (Å²) in [5.41, 5.74) is 6.00. The van der Waals surface area contributed by atoms with E-state index in [1.807, 2.05) is 38.1 Å². The molecule has 2 aromatic carbocycles. The number of aromatic nitrogens is 4. The average molecular weight is 412 g/mol. The molecular weight excluding hydrogens is 391 g/mol. The highest BCUT2D eigenvalue weighted by Crippen LogP contribution is 2.30. The van der Waals surface area contributed by atoms with E-state index in [1.165, 1.54) is 12.1 Å². The predicted octanol–water partition coefficient (Wildman–Crippen LogP) is 5.26. The minimum atomic E-state index is -0.260. The number of hydrogen-bond donors (Lipinski definition) is 2. The van der Waals surface area contributed by atoms with E-state index in [0.29, 0.717) is 12.0 Å². The Kier molecular flexibility index (Phi) is 4.62. The van der Waals surface area contributed by atoms with Crippen LogP contribution in [0.25, 0.3) is 33.1 Å². The van der Waals surface area contributed by atoms with Crippen LogP contribution in [0.15, 0.2) is 65.6 Å². The fourth-order valence-corrected chi connectivity index (χ4v) is 4.10. The van der Waals surface area contributed by atoms with Gasteiger partial charge in [-0.2, -0.15) is 5.10 Å². The van der Waals surface area contributed by atoms with Crippen LogP contribution in [0.2, 0.25) is 0 Å². The van der Waals surface area contributed by atoms with Gasteiger partial charge in [0.15, 0.2) is 0 Å². The Balaban J connectivity index is 1.58. The van der Waals surface area contributed by atoms with Gasteiger partial charge in [0.25, 0.3) is 5.56 Å². The lowest BCUT2D eigenvalue weighted by molar-refractivity contribution is 0.626. The van der Waals surface area contributed by atoms with E-state index in [9.17, 15) is 9.18 Å². The van der Waals surface area contributed by atoms with Crippen LogP contribution in [0, 0.1) is 12.7 Å². The second-order valence-electron chi connectivity index (χ2n) is 8.03. The zero-order chi connectivity index (χ0) is 21.5. The zero-order valence-electron chi connectivity index (χ0n) is 17.2. The van der Waals surface area contributed by atoms with Crippen molar-refractivity contribution in [3.63, 3.8) is 0 Å². The van der Waals surface area contributed by atoms with Gasteiger partial charge in [-0.1, -0.05) is 19.1 Å². The molecule has 0 saturated carbocycles. The molecule has 3 heterocycles. The topological polar surface area (TPSA) is 74.4 Å². The quantitative estimate of drug-likeness (QED) is 0.423. The molecule has 0 aliphatic rings. The van der Waals surface area contributed by atoms with Gasteiger partial charge < -0.3 is 4.98 Å². The maximum absolute atomic E-state index is 13.2. The standard InChI is InChI=1S/C25H21FN4O/c1-14(9-16-3-5-19(26)6-4-16)20-11-18-12-21-23(13-22(18)28-25(20)31)29-30-24(21)17-7-8-27-15(2)10-17/h3-8,10-14H,9H2,1-2H3,(H,28,31)(H,29,30). The first-order valence-electron chi connectivity index (χ1n) is 10.2. The highest BCUT2D eigenvalue weighted by Gasteiger charge is 2.15. The Hall–Kier alpha value is -3.80. The SMILES string of the molecule is Cc1cc(-c2n[nH]c3cc4[nH]c(=O)c(C(C)Cc5ccc(F)cc5)cc4cc23)ccn1. The number of H-pyrrole nitrogens is 2. The highest BCUT2D eigenvalue weighted by atomic mass is 19.1. The summed E-state index contributed by atoms with van der Waals surface area (Å²) in [7, 11) is 0. The largest absolute Gasteiger partial charge is 0.322 e. The van der Waals surface area contributed by atoms with Crippen molar-refractivity contribution in [2.45, 2.75) is 26.2 Å². The van der Waals surface area contributed by atoms with Gasteiger partial charge in [-0.25, -0.2) is 4.39 Å². The van der Waals surface area contributed by atoms with Crippen LogP contribution in [0.4, 0.5) is 4.39 Å². The maximum Gasteiger partial charge on any atom is 0.251 e. The normalized spacial score (nSPS) is 12.5. The van der Waals surface area contributed by atoms with Crippen LogP contribution in [-0.4, -0.2) is 20.2 Å². The van der Waals surface area contributed by atoms with E-state index in [2.05, 4.69) is 26.2 Å². The van der Waals surface area contributed by atoms with Crippen LogP contribution in [0.5, 0.6) is 0 Å². The first-order chi connectivity index (χ1) is 15.0. The van der Waals surface area contributed by atoms with Crippen molar-refractivity contribution in [1.82, 2.24) is 20.2 Å². The van der Waals surface area contributed by atoms with Crippen LogP contribution in [-0.2, 0) is 6.42 Å². The lowest BCUT2D eigenvalue weighted by Crippen LogP contribution is -2.16. The van der Waals surface area contributed by atoms with Gasteiger partial charge in [0.05, 0.1) is 11.0 Å². The molecule has 0 fully saturated rings. The molecule has 5 aromatic rings. The smallest absolute Gasteiger partial charge is 0.251 e.